The zero-order valence-electron chi connectivity index (χ0n) is 19.2. The van der Waals surface area contributed by atoms with E-state index in [9.17, 15) is 45.5 Å². The van der Waals surface area contributed by atoms with Gasteiger partial charge in [0.05, 0.1) is 17.7 Å². The van der Waals surface area contributed by atoms with Crippen LogP contribution >= 0.6 is 0 Å². The average Bonchev–Trinajstić information content (AvgIpc) is 3.42. The predicted octanol–water partition coefficient (Wildman–Crippen LogP) is 4.86. The topological polar surface area (TPSA) is 108 Å². The molecular weight excluding hydrogens is 514 g/mol. The summed E-state index contributed by atoms with van der Waals surface area (Å²) in [4.78, 5) is 45.7. The molecule has 204 valence electrons. The van der Waals surface area contributed by atoms with Gasteiger partial charge in [-0.2, -0.15) is 26.3 Å². The summed E-state index contributed by atoms with van der Waals surface area (Å²) in [6, 6.07) is 0. The Balaban J connectivity index is 0.000000255. The second-order valence-corrected chi connectivity index (χ2v) is 8.09. The Morgan fingerprint density at radius 1 is 0.811 bits per heavy atom. The number of esters is 1. The van der Waals surface area contributed by atoms with E-state index >= 15 is 0 Å². The number of carboxylic acids is 1. The molecule has 0 atom stereocenters. The van der Waals surface area contributed by atoms with E-state index in [1.54, 1.807) is 6.92 Å². The van der Waals surface area contributed by atoms with Crippen LogP contribution in [0.2, 0.25) is 0 Å². The van der Waals surface area contributed by atoms with Crippen molar-refractivity contribution >= 4 is 23.5 Å². The molecule has 0 bridgehead atoms. The molecule has 0 aromatic carbocycles. The number of hydrogen-bond acceptors (Lipinski definition) is 5. The Morgan fingerprint density at radius 2 is 1.19 bits per heavy atom. The van der Waals surface area contributed by atoms with Gasteiger partial charge >= 0.3 is 24.3 Å². The molecule has 14 heteroatoms. The standard InChI is InChI=1S/C12H12F3NO3.C10H8F3NO3.CH4/c1-3-19-11(18)9-6-4-5-7(17)8(6)10(16(9)2)12(13,14)15;1-14-7(9(16)17)4-2-3-5(15)6(4)8(14)10(11,12)13;/h3-5H2,1-2H3;2-3H2,1H3,(H,16,17);1H4. The van der Waals surface area contributed by atoms with Crippen LogP contribution in [0, 0.1) is 0 Å². The van der Waals surface area contributed by atoms with Gasteiger partial charge in [-0.15, -0.1) is 0 Å². The van der Waals surface area contributed by atoms with Gasteiger partial charge in [0.1, 0.15) is 22.8 Å². The third kappa shape index (κ3) is 5.01. The van der Waals surface area contributed by atoms with Crippen molar-refractivity contribution in [1.29, 1.82) is 0 Å². The molecule has 8 nitrogen and oxygen atoms in total. The summed E-state index contributed by atoms with van der Waals surface area (Å²) in [7, 11) is 2.14. The number of fused-ring (bicyclic) bond motifs is 2. The van der Waals surface area contributed by atoms with Gasteiger partial charge in [-0.3, -0.25) is 9.59 Å². The van der Waals surface area contributed by atoms with Crippen molar-refractivity contribution in [1.82, 2.24) is 9.13 Å². The Hall–Kier alpha value is -3.58. The number of nitrogens with zero attached hydrogens (tertiary/aromatic N) is 2. The lowest BCUT2D eigenvalue weighted by Crippen LogP contribution is -2.18. The summed E-state index contributed by atoms with van der Waals surface area (Å²) in [5.41, 5.74) is -3.54. The summed E-state index contributed by atoms with van der Waals surface area (Å²) in [5.74, 6) is -3.50. The fourth-order valence-corrected chi connectivity index (χ4v) is 4.70. The Morgan fingerprint density at radius 3 is 1.54 bits per heavy atom. The first-order chi connectivity index (χ1) is 16.5. The molecule has 0 saturated heterocycles. The van der Waals surface area contributed by atoms with Crippen LogP contribution in [0.25, 0.3) is 0 Å². The molecule has 2 aromatic rings. The molecule has 37 heavy (non-hydrogen) atoms. The zero-order valence-corrected chi connectivity index (χ0v) is 19.2. The Kier molecular flexibility index (Phi) is 8.06. The zero-order chi connectivity index (χ0) is 27.3. The lowest BCUT2D eigenvalue weighted by atomic mass is 10.1. The largest absolute Gasteiger partial charge is 0.477 e. The number of aromatic nitrogens is 2. The van der Waals surface area contributed by atoms with E-state index in [2.05, 4.69) is 0 Å². The molecule has 0 fully saturated rings. The smallest absolute Gasteiger partial charge is 0.432 e. The molecule has 4 rings (SSSR count). The number of carbonyl (C=O) groups is 4. The number of carboxylic acid groups (broad SMARTS) is 1. The van der Waals surface area contributed by atoms with Crippen molar-refractivity contribution in [2.75, 3.05) is 6.61 Å². The number of Topliss-reactive ketones (excluding diaryl/α,β-unsaturated/α-hetero) is 2. The van der Waals surface area contributed by atoms with Gasteiger partial charge in [0, 0.05) is 26.9 Å². The van der Waals surface area contributed by atoms with Crippen LogP contribution in [-0.4, -0.2) is 44.4 Å². The van der Waals surface area contributed by atoms with Crippen molar-refractivity contribution in [2.45, 2.75) is 52.4 Å². The monoisotopic (exact) mass is 538 g/mol. The highest BCUT2D eigenvalue weighted by atomic mass is 19.4. The molecule has 0 saturated carbocycles. The summed E-state index contributed by atoms with van der Waals surface area (Å²) in [6.07, 6.45) is -9.27. The lowest BCUT2D eigenvalue weighted by molar-refractivity contribution is -0.144. The normalized spacial score (nSPS) is 14.5. The predicted molar refractivity (Wildman–Crippen MR) is 116 cm³/mol. The van der Waals surface area contributed by atoms with Gasteiger partial charge in [0.2, 0.25) is 0 Å². The molecule has 2 heterocycles. The van der Waals surface area contributed by atoms with Gasteiger partial charge in [-0.05, 0) is 30.9 Å². The highest BCUT2D eigenvalue weighted by Gasteiger charge is 2.46. The van der Waals surface area contributed by atoms with E-state index in [1.165, 1.54) is 0 Å². The van der Waals surface area contributed by atoms with E-state index in [4.69, 9.17) is 9.84 Å². The number of ether oxygens (including phenoxy) is 1. The summed E-state index contributed by atoms with van der Waals surface area (Å²) < 4.78 is 83.4. The third-order valence-electron chi connectivity index (χ3n) is 5.96. The van der Waals surface area contributed by atoms with Crippen LogP contribution in [0.15, 0.2) is 0 Å². The summed E-state index contributed by atoms with van der Waals surface area (Å²) in [5, 5.41) is 8.90. The molecule has 0 radical (unpaired) electrons. The highest BCUT2D eigenvalue weighted by molar-refractivity contribution is 6.06. The summed E-state index contributed by atoms with van der Waals surface area (Å²) >= 11 is 0. The van der Waals surface area contributed by atoms with E-state index in [0.29, 0.717) is 4.57 Å². The lowest BCUT2D eigenvalue weighted by Gasteiger charge is -2.11. The van der Waals surface area contributed by atoms with Crippen LogP contribution < -0.4 is 0 Å². The third-order valence-corrected chi connectivity index (χ3v) is 5.96. The van der Waals surface area contributed by atoms with Crippen LogP contribution in [-0.2, 0) is 44.0 Å². The first-order valence-corrected chi connectivity index (χ1v) is 10.6. The van der Waals surface area contributed by atoms with Gasteiger partial charge in [-0.1, -0.05) is 7.43 Å². The molecule has 0 unspecified atom stereocenters. The number of rotatable bonds is 3. The number of halogens is 6. The van der Waals surface area contributed by atoms with Crippen LogP contribution in [0.4, 0.5) is 26.3 Å². The van der Waals surface area contributed by atoms with Crippen LogP contribution in [0.5, 0.6) is 0 Å². The number of hydrogen-bond donors (Lipinski definition) is 1. The van der Waals surface area contributed by atoms with E-state index < -0.39 is 58.5 Å². The van der Waals surface area contributed by atoms with Crippen molar-refractivity contribution < 1.29 is 55.4 Å². The molecule has 2 aromatic heterocycles. The van der Waals surface area contributed by atoms with Crippen LogP contribution in [0.3, 0.4) is 0 Å². The van der Waals surface area contributed by atoms with E-state index in [1.807, 2.05) is 0 Å². The molecule has 0 aliphatic heterocycles. The van der Waals surface area contributed by atoms with Gasteiger partial charge in [0.15, 0.2) is 11.6 Å². The molecule has 0 amide bonds. The maximum absolute atomic E-state index is 13.0. The SMILES string of the molecule is C.CCOC(=O)c1c2c(c(C(F)(F)F)n1C)C(=O)CC2.Cn1c(C(=O)O)c2c(c1C(F)(F)F)C(=O)CC2. The average molecular weight is 538 g/mol. The Labute approximate surface area is 206 Å². The minimum atomic E-state index is -4.73. The highest BCUT2D eigenvalue weighted by Crippen LogP contribution is 2.41. The molecule has 2 aliphatic rings. The number of ketones is 2. The summed E-state index contributed by atoms with van der Waals surface area (Å²) in [6.45, 7) is 1.63. The minimum Gasteiger partial charge on any atom is -0.477 e. The van der Waals surface area contributed by atoms with Crippen molar-refractivity contribution in [3.05, 3.63) is 45.0 Å². The maximum Gasteiger partial charge on any atom is 0.432 e. The van der Waals surface area contributed by atoms with Crippen LogP contribution in [0.1, 0.15) is 91.4 Å². The molecular formula is C23H24F6N2O6. The fraction of sp³-hybridized carbons (Fsp3) is 0.478. The molecule has 2 aliphatic carbocycles. The van der Waals surface area contributed by atoms with E-state index in [0.717, 1.165) is 18.7 Å². The maximum atomic E-state index is 13.0. The first-order valence-electron chi connectivity index (χ1n) is 10.6. The fourth-order valence-electron chi connectivity index (χ4n) is 4.70. The van der Waals surface area contributed by atoms with Crippen molar-refractivity contribution in [2.24, 2.45) is 14.1 Å². The van der Waals surface area contributed by atoms with Gasteiger partial charge in [-0.25, -0.2) is 9.59 Å². The minimum absolute atomic E-state index is 0. The number of carbonyl (C=O) groups excluding carboxylic acids is 3. The van der Waals surface area contributed by atoms with Gasteiger partial charge < -0.3 is 19.0 Å². The van der Waals surface area contributed by atoms with Crippen molar-refractivity contribution in [3.8, 4) is 0 Å². The Bertz CT molecular complexity index is 1280. The number of aromatic carboxylic acids is 1. The van der Waals surface area contributed by atoms with E-state index in [-0.39, 0.29) is 62.1 Å². The van der Waals surface area contributed by atoms with Crippen molar-refractivity contribution in [3.63, 3.8) is 0 Å². The molecule has 0 spiro atoms. The number of alkyl halides is 6. The first kappa shape index (κ1) is 29.6. The second kappa shape index (κ2) is 10.1. The second-order valence-electron chi connectivity index (χ2n) is 8.09. The molecule has 1 N–H and O–H groups in total. The van der Waals surface area contributed by atoms with Gasteiger partial charge in [0.25, 0.3) is 0 Å². The quantitative estimate of drug-likeness (QED) is 0.442.